The van der Waals surface area contributed by atoms with Crippen molar-refractivity contribution in [3.8, 4) is 0 Å². The molecule has 0 saturated carbocycles. The third-order valence-corrected chi connectivity index (χ3v) is 3.99. The summed E-state index contributed by atoms with van der Waals surface area (Å²) in [6, 6.07) is 0. The van der Waals surface area contributed by atoms with Gasteiger partial charge in [-0.05, 0) is 40.6 Å². The molecule has 1 heterocycles. The van der Waals surface area contributed by atoms with E-state index < -0.39 is 0 Å². The average molecular weight is 343 g/mol. The van der Waals surface area contributed by atoms with Gasteiger partial charge in [-0.15, -0.1) is 0 Å². The Labute approximate surface area is 131 Å². The van der Waals surface area contributed by atoms with E-state index in [0.717, 1.165) is 29.2 Å². The summed E-state index contributed by atoms with van der Waals surface area (Å²) in [6.45, 7) is 11.1. The molecule has 0 spiro atoms. The van der Waals surface area contributed by atoms with Gasteiger partial charge in [0.25, 0.3) is 0 Å². The second-order valence-corrected chi connectivity index (χ2v) is 6.75. The molecule has 1 aromatic heterocycles. The zero-order valence-corrected chi connectivity index (χ0v) is 14.9. The third kappa shape index (κ3) is 5.27. The molecule has 0 saturated heterocycles. The average Bonchev–Trinajstić information content (AvgIpc) is 2.39. The molecule has 0 aliphatic rings. The van der Waals surface area contributed by atoms with Crippen molar-refractivity contribution in [1.29, 1.82) is 0 Å². The molecule has 0 aromatic carbocycles. The van der Waals surface area contributed by atoms with E-state index in [9.17, 15) is 0 Å². The monoisotopic (exact) mass is 342 g/mol. The van der Waals surface area contributed by atoms with E-state index in [2.05, 4.69) is 63.8 Å². The summed E-state index contributed by atoms with van der Waals surface area (Å²) in [5.41, 5.74) is 0. The molecule has 0 atom stereocenters. The highest BCUT2D eigenvalue weighted by Gasteiger charge is 2.15. The number of hydrogen-bond donors (Lipinski definition) is 1. The summed E-state index contributed by atoms with van der Waals surface area (Å²) >= 11 is 3.63. The molecule has 0 fully saturated rings. The van der Waals surface area contributed by atoms with Crippen LogP contribution in [0.4, 0.5) is 11.6 Å². The lowest BCUT2D eigenvalue weighted by molar-refractivity contribution is 0.532. The van der Waals surface area contributed by atoms with Crippen LogP contribution in [0.2, 0.25) is 0 Å². The first-order valence-corrected chi connectivity index (χ1v) is 8.18. The second kappa shape index (κ2) is 8.45. The van der Waals surface area contributed by atoms with E-state index in [1.807, 2.05) is 7.05 Å². The summed E-state index contributed by atoms with van der Waals surface area (Å²) in [5.74, 6) is 3.22. The molecule has 4 nitrogen and oxygen atoms in total. The van der Waals surface area contributed by atoms with Crippen molar-refractivity contribution >= 4 is 27.6 Å². The fourth-order valence-corrected chi connectivity index (χ4v) is 2.56. The van der Waals surface area contributed by atoms with E-state index >= 15 is 0 Å². The predicted octanol–water partition coefficient (Wildman–Crippen LogP) is 4.18. The fourth-order valence-electron chi connectivity index (χ4n) is 1.91. The van der Waals surface area contributed by atoms with Gasteiger partial charge in [0.1, 0.15) is 22.4 Å². The van der Waals surface area contributed by atoms with Crippen LogP contribution in [-0.2, 0) is 0 Å². The van der Waals surface area contributed by atoms with Crippen molar-refractivity contribution in [2.75, 3.05) is 30.4 Å². The Morgan fingerprint density at radius 3 is 2.10 bits per heavy atom. The molecule has 0 radical (unpaired) electrons. The molecule has 0 amide bonds. The van der Waals surface area contributed by atoms with E-state index in [4.69, 9.17) is 0 Å². The van der Waals surface area contributed by atoms with Gasteiger partial charge in [0.05, 0.1) is 0 Å². The minimum atomic E-state index is 0.695. The Bertz CT molecular complexity index is 395. The van der Waals surface area contributed by atoms with Gasteiger partial charge in [0.2, 0.25) is 0 Å². The van der Waals surface area contributed by atoms with Crippen LogP contribution in [0, 0.1) is 11.8 Å². The summed E-state index contributed by atoms with van der Waals surface area (Å²) in [5, 5.41) is 3.10. The minimum absolute atomic E-state index is 0.695. The number of anilines is 2. The molecular formula is C15H27BrN4. The van der Waals surface area contributed by atoms with Crippen LogP contribution in [0.1, 0.15) is 40.5 Å². The third-order valence-electron chi connectivity index (χ3n) is 3.26. The highest BCUT2D eigenvalue weighted by atomic mass is 79.9. The quantitative estimate of drug-likeness (QED) is 0.769. The van der Waals surface area contributed by atoms with Crippen LogP contribution in [0.3, 0.4) is 0 Å². The van der Waals surface area contributed by atoms with E-state index in [-0.39, 0.29) is 0 Å². The number of nitrogens with one attached hydrogen (secondary N) is 1. The molecule has 1 aromatic rings. The van der Waals surface area contributed by atoms with Crippen LogP contribution in [0.25, 0.3) is 0 Å². The first kappa shape index (κ1) is 17.2. The Balaban J connectivity index is 2.90. The van der Waals surface area contributed by atoms with Gasteiger partial charge in [-0.1, -0.05) is 27.7 Å². The smallest absolute Gasteiger partial charge is 0.148 e. The molecule has 5 heteroatoms. The van der Waals surface area contributed by atoms with Crippen molar-refractivity contribution in [1.82, 2.24) is 9.97 Å². The Morgan fingerprint density at radius 2 is 1.65 bits per heavy atom. The predicted molar refractivity (Wildman–Crippen MR) is 90.4 cm³/mol. The lowest BCUT2D eigenvalue weighted by Crippen LogP contribution is -2.29. The summed E-state index contributed by atoms with van der Waals surface area (Å²) in [6.07, 6.45) is 3.97. The van der Waals surface area contributed by atoms with E-state index in [0.29, 0.717) is 11.8 Å². The molecule has 1 rings (SSSR count). The molecule has 20 heavy (non-hydrogen) atoms. The van der Waals surface area contributed by atoms with Crippen LogP contribution >= 0.6 is 15.9 Å². The van der Waals surface area contributed by atoms with Crippen molar-refractivity contribution in [3.63, 3.8) is 0 Å². The molecule has 0 bridgehead atoms. The van der Waals surface area contributed by atoms with Gasteiger partial charge >= 0.3 is 0 Å². The molecular weight excluding hydrogens is 316 g/mol. The fraction of sp³-hybridized carbons (Fsp3) is 0.733. The topological polar surface area (TPSA) is 41.1 Å². The first-order valence-electron chi connectivity index (χ1n) is 7.38. The van der Waals surface area contributed by atoms with Gasteiger partial charge < -0.3 is 10.2 Å². The van der Waals surface area contributed by atoms with Gasteiger partial charge in [0, 0.05) is 20.1 Å². The number of aromatic nitrogens is 2. The minimum Gasteiger partial charge on any atom is -0.372 e. The largest absolute Gasteiger partial charge is 0.372 e. The zero-order chi connectivity index (χ0) is 15.1. The Morgan fingerprint density at radius 1 is 1.10 bits per heavy atom. The molecule has 114 valence electrons. The van der Waals surface area contributed by atoms with Crippen LogP contribution in [0.15, 0.2) is 10.8 Å². The maximum atomic E-state index is 4.47. The van der Waals surface area contributed by atoms with Crippen molar-refractivity contribution in [2.45, 2.75) is 40.5 Å². The van der Waals surface area contributed by atoms with Crippen LogP contribution in [-0.4, -0.2) is 30.1 Å². The Hall–Kier alpha value is -0.840. The van der Waals surface area contributed by atoms with E-state index in [1.165, 1.54) is 12.8 Å². The van der Waals surface area contributed by atoms with Gasteiger partial charge in [-0.2, -0.15) is 0 Å². The highest BCUT2D eigenvalue weighted by molar-refractivity contribution is 9.10. The summed E-state index contributed by atoms with van der Waals surface area (Å²) in [7, 11) is 1.88. The maximum Gasteiger partial charge on any atom is 0.148 e. The normalized spacial score (nSPS) is 11.2. The number of rotatable bonds is 8. The van der Waals surface area contributed by atoms with Crippen molar-refractivity contribution in [3.05, 3.63) is 10.8 Å². The highest BCUT2D eigenvalue weighted by Crippen LogP contribution is 2.29. The first-order chi connectivity index (χ1) is 9.45. The molecule has 0 aliphatic carbocycles. The molecule has 0 aliphatic heterocycles. The lowest BCUT2D eigenvalue weighted by atomic mass is 10.1. The Kier molecular flexibility index (Phi) is 7.27. The number of hydrogen-bond acceptors (Lipinski definition) is 4. The van der Waals surface area contributed by atoms with Gasteiger partial charge in [-0.3, -0.25) is 0 Å². The molecule has 1 N–H and O–H groups in total. The maximum absolute atomic E-state index is 4.47. The SMILES string of the molecule is CNc1ncnc(N(CCC(C)C)CCC(C)C)c1Br. The van der Waals surface area contributed by atoms with Gasteiger partial charge in [-0.25, -0.2) is 9.97 Å². The van der Waals surface area contributed by atoms with Crippen molar-refractivity contribution in [2.24, 2.45) is 11.8 Å². The summed E-state index contributed by atoms with van der Waals surface area (Å²) in [4.78, 5) is 11.1. The number of halogens is 1. The molecule has 0 unspecified atom stereocenters. The number of nitrogens with zero attached hydrogens (tertiary/aromatic N) is 3. The zero-order valence-electron chi connectivity index (χ0n) is 13.3. The second-order valence-electron chi connectivity index (χ2n) is 5.96. The van der Waals surface area contributed by atoms with Crippen LogP contribution in [0.5, 0.6) is 0 Å². The van der Waals surface area contributed by atoms with Crippen molar-refractivity contribution < 1.29 is 0 Å². The van der Waals surface area contributed by atoms with Gasteiger partial charge in [0.15, 0.2) is 0 Å². The lowest BCUT2D eigenvalue weighted by Gasteiger charge is -2.26. The van der Waals surface area contributed by atoms with E-state index in [1.54, 1.807) is 6.33 Å². The summed E-state index contributed by atoms with van der Waals surface area (Å²) < 4.78 is 0.954. The van der Waals surface area contributed by atoms with Crippen LogP contribution < -0.4 is 10.2 Å². The standard InChI is InChI=1S/C15H27BrN4/c1-11(2)6-8-20(9-7-12(3)4)15-13(16)14(17-5)18-10-19-15/h10-12H,6-9H2,1-5H3,(H,17,18,19).